The molecule has 2 heterocycles. The molecule has 0 aliphatic carbocycles. The number of likely N-dealkylation sites (N-methyl/N-ethyl adjacent to an activating group) is 1. The molecule has 2 aromatic rings. The lowest BCUT2D eigenvalue weighted by Gasteiger charge is -2.06. The molecular weight excluding hydrogens is 202 g/mol. The first kappa shape index (κ1) is 11.0. The van der Waals surface area contributed by atoms with Gasteiger partial charge in [-0.15, -0.1) is 0 Å². The summed E-state index contributed by atoms with van der Waals surface area (Å²) >= 11 is 0. The molecule has 4 heteroatoms. The van der Waals surface area contributed by atoms with Crippen molar-refractivity contribution in [3.8, 4) is 5.75 Å². The fraction of sp³-hybridized carbons (Fsp3) is 0.417. The number of fused-ring (bicyclic) bond motifs is 1. The van der Waals surface area contributed by atoms with Crippen LogP contribution in [0.4, 0.5) is 0 Å². The van der Waals surface area contributed by atoms with Crippen LogP contribution in [0.1, 0.15) is 5.69 Å². The molecule has 0 atom stereocenters. The SMILES string of the molecule is COc1ccn2cc(CCN(C)C)nc2c1. The second-order valence-corrected chi connectivity index (χ2v) is 4.12. The minimum Gasteiger partial charge on any atom is -0.497 e. The third-order valence-electron chi connectivity index (χ3n) is 2.53. The highest BCUT2D eigenvalue weighted by molar-refractivity contribution is 5.45. The van der Waals surface area contributed by atoms with Gasteiger partial charge in [-0.1, -0.05) is 0 Å². The van der Waals surface area contributed by atoms with Crippen molar-refractivity contribution in [1.29, 1.82) is 0 Å². The number of rotatable bonds is 4. The van der Waals surface area contributed by atoms with E-state index < -0.39 is 0 Å². The van der Waals surface area contributed by atoms with Gasteiger partial charge >= 0.3 is 0 Å². The van der Waals surface area contributed by atoms with Crippen LogP contribution in [0, 0.1) is 0 Å². The Morgan fingerprint density at radius 2 is 2.25 bits per heavy atom. The van der Waals surface area contributed by atoms with Crippen LogP contribution < -0.4 is 4.74 Å². The molecule has 0 aliphatic heterocycles. The van der Waals surface area contributed by atoms with Gasteiger partial charge in [-0.25, -0.2) is 4.98 Å². The molecular formula is C12H17N3O. The van der Waals surface area contributed by atoms with Gasteiger partial charge in [-0.3, -0.25) is 0 Å². The zero-order valence-corrected chi connectivity index (χ0v) is 9.97. The first-order chi connectivity index (χ1) is 7.69. The summed E-state index contributed by atoms with van der Waals surface area (Å²) in [5, 5.41) is 0. The van der Waals surface area contributed by atoms with Crippen molar-refractivity contribution in [2.75, 3.05) is 27.7 Å². The third-order valence-corrected chi connectivity index (χ3v) is 2.53. The van der Waals surface area contributed by atoms with E-state index in [1.807, 2.05) is 22.7 Å². The third kappa shape index (κ3) is 2.33. The van der Waals surface area contributed by atoms with E-state index in [2.05, 4.69) is 30.2 Å². The van der Waals surface area contributed by atoms with Gasteiger partial charge in [0.1, 0.15) is 11.4 Å². The predicted octanol–water partition coefficient (Wildman–Crippen LogP) is 1.45. The molecule has 0 amide bonds. The van der Waals surface area contributed by atoms with Gasteiger partial charge in [0, 0.05) is 31.4 Å². The number of aromatic nitrogens is 2. The lowest BCUT2D eigenvalue weighted by atomic mass is 10.3. The van der Waals surface area contributed by atoms with Crippen molar-refractivity contribution in [1.82, 2.24) is 14.3 Å². The summed E-state index contributed by atoms with van der Waals surface area (Å²) in [6.45, 7) is 1.01. The van der Waals surface area contributed by atoms with Crippen molar-refractivity contribution in [2.45, 2.75) is 6.42 Å². The molecule has 4 nitrogen and oxygen atoms in total. The highest BCUT2D eigenvalue weighted by Gasteiger charge is 2.03. The lowest BCUT2D eigenvalue weighted by molar-refractivity contribution is 0.412. The molecule has 0 aliphatic rings. The second-order valence-electron chi connectivity index (χ2n) is 4.12. The van der Waals surface area contributed by atoms with Gasteiger partial charge < -0.3 is 14.0 Å². The molecule has 0 spiro atoms. The molecule has 2 aromatic heterocycles. The minimum atomic E-state index is 0.845. The summed E-state index contributed by atoms with van der Waals surface area (Å²) in [5.74, 6) is 0.845. The first-order valence-corrected chi connectivity index (χ1v) is 5.35. The van der Waals surface area contributed by atoms with Gasteiger partial charge in [0.2, 0.25) is 0 Å². The number of hydrogen-bond donors (Lipinski definition) is 0. The van der Waals surface area contributed by atoms with E-state index in [1.54, 1.807) is 7.11 Å². The average molecular weight is 219 g/mol. The van der Waals surface area contributed by atoms with Crippen LogP contribution in [0.5, 0.6) is 5.75 Å². The van der Waals surface area contributed by atoms with Gasteiger partial charge in [0.05, 0.1) is 12.8 Å². The number of imidazole rings is 1. The molecule has 2 rings (SSSR count). The van der Waals surface area contributed by atoms with E-state index in [0.717, 1.165) is 30.1 Å². The quantitative estimate of drug-likeness (QED) is 0.779. The van der Waals surface area contributed by atoms with E-state index in [-0.39, 0.29) is 0 Å². The predicted molar refractivity (Wildman–Crippen MR) is 64.0 cm³/mol. The normalized spacial score (nSPS) is 11.2. The van der Waals surface area contributed by atoms with Crippen LogP contribution >= 0.6 is 0 Å². The van der Waals surface area contributed by atoms with E-state index in [1.165, 1.54) is 0 Å². The Morgan fingerprint density at radius 3 is 2.94 bits per heavy atom. The molecule has 0 unspecified atom stereocenters. The van der Waals surface area contributed by atoms with E-state index >= 15 is 0 Å². The topological polar surface area (TPSA) is 29.8 Å². The number of pyridine rings is 1. The van der Waals surface area contributed by atoms with Gasteiger partial charge in [-0.05, 0) is 20.2 Å². The van der Waals surface area contributed by atoms with E-state index in [0.29, 0.717) is 0 Å². The molecule has 0 saturated carbocycles. The van der Waals surface area contributed by atoms with Gasteiger partial charge in [0.25, 0.3) is 0 Å². The van der Waals surface area contributed by atoms with Crippen LogP contribution in [0.25, 0.3) is 5.65 Å². The summed E-state index contributed by atoms with van der Waals surface area (Å²) in [7, 11) is 5.80. The largest absolute Gasteiger partial charge is 0.497 e. The Morgan fingerprint density at radius 1 is 1.44 bits per heavy atom. The summed E-state index contributed by atoms with van der Waals surface area (Å²) < 4.78 is 7.19. The molecule has 0 bridgehead atoms. The summed E-state index contributed by atoms with van der Waals surface area (Å²) in [6.07, 6.45) is 5.01. The van der Waals surface area contributed by atoms with Crippen molar-refractivity contribution < 1.29 is 4.74 Å². The van der Waals surface area contributed by atoms with Crippen LogP contribution in [0.3, 0.4) is 0 Å². The minimum absolute atomic E-state index is 0.845. The molecule has 0 saturated heterocycles. The average Bonchev–Trinajstić information content (AvgIpc) is 2.67. The zero-order valence-electron chi connectivity index (χ0n) is 9.97. The molecule has 0 aromatic carbocycles. The maximum absolute atomic E-state index is 5.17. The number of ether oxygens (including phenoxy) is 1. The zero-order chi connectivity index (χ0) is 11.5. The van der Waals surface area contributed by atoms with Crippen LogP contribution in [-0.2, 0) is 6.42 Å². The van der Waals surface area contributed by atoms with E-state index in [4.69, 9.17) is 4.74 Å². The maximum atomic E-state index is 5.17. The highest BCUT2D eigenvalue weighted by Crippen LogP contribution is 2.14. The van der Waals surface area contributed by atoms with Crippen molar-refractivity contribution in [2.24, 2.45) is 0 Å². The molecule has 16 heavy (non-hydrogen) atoms. The number of methoxy groups -OCH3 is 1. The molecule has 0 fully saturated rings. The Hall–Kier alpha value is -1.55. The van der Waals surface area contributed by atoms with Crippen LogP contribution in [0.15, 0.2) is 24.5 Å². The standard InChI is InChI=1S/C12H17N3O/c1-14(2)6-4-10-9-15-7-5-11(16-3)8-12(15)13-10/h5,7-9H,4,6H2,1-3H3. The van der Waals surface area contributed by atoms with Gasteiger partial charge in [0.15, 0.2) is 0 Å². The van der Waals surface area contributed by atoms with Crippen LogP contribution in [-0.4, -0.2) is 42.0 Å². The number of nitrogens with zero attached hydrogens (tertiary/aromatic N) is 3. The summed E-state index contributed by atoms with van der Waals surface area (Å²) in [4.78, 5) is 6.71. The number of hydrogen-bond acceptors (Lipinski definition) is 3. The molecule has 0 radical (unpaired) electrons. The molecule has 86 valence electrons. The highest BCUT2D eigenvalue weighted by atomic mass is 16.5. The fourth-order valence-electron chi connectivity index (χ4n) is 1.60. The maximum Gasteiger partial charge on any atom is 0.140 e. The first-order valence-electron chi connectivity index (χ1n) is 5.35. The van der Waals surface area contributed by atoms with Crippen molar-refractivity contribution in [3.63, 3.8) is 0 Å². The fourth-order valence-corrected chi connectivity index (χ4v) is 1.60. The lowest BCUT2D eigenvalue weighted by Crippen LogP contribution is -2.15. The van der Waals surface area contributed by atoms with Crippen LogP contribution in [0.2, 0.25) is 0 Å². The Balaban J connectivity index is 2.22. The Labute approximate surface area is 95.5 Å². The van der Waals surface area contributed by atoms with Gasteiger partial charge in [-0.2, -0.15) is 0 Å². The van der Waals surface area contributed by atoms with E-state index in [9.17, 15) is 0 Å². The smallest absolute Gasteiger partial charge is 0.140 e. The molecule has 0 N–H and O–H groups in total. The van der Waals surface area contributed by atoms with Crippen molar-refractivity contribution >= 4 is 5.65 Å². The summed E-state index contributed by atoms with van der Waals surface area (Å²) in [6, 6.07) is 3.88. The monoisotopic (exact) mass is 219 g/mol. The van der Waals surface area contributed by atoms with Crippen molar-refractivity contribution in [3.05, 3.63) is 30.2 Å². The Bertz CT molecular complexity index is 476. The summed E-state index contributed by atoms with van der Waals surface area (Å²) in [5.41, 5.74) is 2.05. The Kier molecular flexibility index (Phi) is 3.10. The second kappa shape index (κ2) is 4.53.